The fraction of sp³-hybridized carbons (Fsp3) is 0.235. The van der Waals surface area contributed by atoms with Crippen LogP contribution in [-0.4, -0.2) is 35.5 Å². The summed E-state index contributed by atoms with van der Waals surface area (Å²) >= 11 is 0. The minimum absolute atomic E-state index is 0.0486. The van der Waals surface area contributed by atoms with Crippen molar-refractivity contribution in [2.45, 2.75) is 11.8 Å². The lowest BCUT2D eigenvalue weighted by Crippen LogP contribution is -2.26. The molecule has 128 valence electrons. The monoisotopic (exact) mass is 349 g/mol. The minimum Gasteiger partial charge on any atom is -0.493 e. The van der Waals surface area contributed by atoms with Crippen molar-refractivity contribution in [1.29, 1.82) is 0 Å². The van der Waals surface area contributed by atoms with Gasteiger partial charge in [-0.05, 0) is 31.2 Å². The molecule has 0 saturated heterocycles. The molecule has 0 aromatic heterocycles. The number of benzene rings is 2. The molecule has 0 saturated carbocycles. The number of hydrogen-bond donors (Lipinski definition) is 0. The summed E-state index contributed by atoms with van der Waals surface area (Å²) in [6, 6.07) is 10.8. The third-order valence-corrected chi connectivity index (χ3v) is 5.41. The lowest BCUT2D eigenvalue weighted by molar-refractivity contribution is 0.101. The second-order valence-electron chi connectivity index (χ2n) is 5.10. The second kappa shape index (κ2) is 6.92. The number of methoxy groups -OCH3 is 2. The minimum atomic E-state index is -3.81. The number of rotatable bonds is 6. The molecule has 2 aromatic rings. The van der Waals surface area contributed by atoms with Gasteiger partial charge < -0.3 is 9.47 Å². The maximum Gasteiger partial charge on any atom is 0.264 e. The van der Waals surface area contributed by atoms with Crippen LogP contribution in [-0.2, 0) is 10.0 Å². The van der Waals surface area contributed by atoms with E-state index in [9.17, 15) is 13.2 Å². The van der Waals surface area contributed by atoms with Crippen LogP contribution in [0.1, 0.15) is 17.3 Å². The quantitative estimate of drug-likeness (QED) is 0.750. The average molecular weight is 349 g/mol. The van der Waals surface area contributed by atoms with E-state index in [1.807, 2.05) is 0 Å². The standard InChI is InChI=1S/C17H19NO5S/c1-12(19)13-6-5-7-15(10-13)24(20,21)18(2)14-8-9-16(22-3)17(11-14)23-4/h5-11H,1-4H3. The van der Waals surface area contributed by atoms with E-state index in [1.165, 1.54) is 40.3 Å². The molecule has 0 fully saturated rings. The van der Waals surface area contributed by atoms with Crippen LogP contribution in [0.2, 0.25) is 0 Å². The lowest BCUT2D eigenvalue weighted by atomic mass is 10.2. The SMILES string of the molecule is COc1ccc(N(C)S(=O)(=O)c2cccc(C(C)=O)c2)cc1OC. The number of hydrogen-bond acceptors (Lipinski definition) is 5. The van der Waals surface area contributed by atoms with Gasteiger partial charge in [0.25, 0.3) is 10.0 Å². The molecule has 0 N–H and O–H groups in total. The van der Waals surface area contributed by atoms with Crippen LogP contribution in [0.25, 0.3) is 0 Å². The van der Waals surface area contributed by atoms with Gasteiger partial charge in [0.2, 0.25) is 0 Å². The molecule has 0 heterocycles. The Hall–Kier alpha value is -2.54. The predicted molar refractivity (Wildman–Crippen MR) is 91.6 cm³/mol. The number of nitrogens with zero attached hydrogens (tertiary/aromatic N) is 1. The van der Waals surface area contributed by atoms with Crippen molar-refractivity contribution in [3.63, 3.8) is 0 Å². The van der Waals surface area contributed by atoms with E-state index < -0.39 is 10.0 Å². The van der Waals surface area contributed by atoms with Crippen molar-refractivity contribution in [2.75, 3.05) is 25.6 Å². The topological polar surface area (TPSA) is 72.9 Å². The summed E-state index contributed by atoms with van der Waals surface area (Å²) in [7, 11) is 0.617. The van der Waals surface area contributed by atoms with Crippen molar-refractivity contribution >= 4 is 21.5 Å². The Morgan fingerprint density at radius 1 is 1.00 bits per heavy atom. The summed E-state index contributed by atoms with van der Waals surface area (Å²) < 4.78 is 37.1. The van der Waals surface area contributed by atoms with E-state index in [2.05, 4.69) is 0 Å². The van der Waals surface area contributed by atoms with Gasteiger partial charge in [-0.1, -0.05) is 12.1 Å². The highest BCUT2D eigenvalue weighted by molar-refractivity contribution is 7.92. The Bertz CT molecular complexity index is 861. The van der Waals surface area contributed by atoms with Crippen LogP contribution < -0.4 is 13.8 Å². The third-order valence-electron chi connectivity index (χ3n) is 3.63. The molecule has 2 aromatic carbocycles. The molecular weight excluding hydrogens is 330 g/mol. The molecule has 0 bridgehead atoms. The Kier molecular flexibility index (Phi) is 5.14. The van der Waals surface area contributed by atoms with Gasteiger partial charge in [-0.25, -0.2) is 8.42 Å². The number of carbonyl (C=O) groups excluding carboxylic acids is 1. The zero-order chi connectivity index (χ0) is 17.9. The smallest absolute Gasteiger partial charge is 0.264 e. The van der Waals surface area contributed by atoms with Crippen LogP contribution in [0.15, 0.2) is 47.4 Å². The van der Waals surface area contributed by atoms with Crippen LogP contribution in [0.3, 0.4) is 0 Å². The van der Waals surface area contributed by atoms with Gasteiger partial charge in [0.1, 0.15) is 0 Å². The highest BCUT2D eigenvalue weighted by Crippen LogP contribution is 2.33. The van der Waals surface area contributed by atoms with Gasteiger partial charge in [0.15, 0.2) is 17.3 Å². The van der Waals surface area contributed by atoms with Gasteiger partial charge in [0, 0.05) is 18.7 Å². The molecule has 0 atom stereocenters. The molecule has 24 heavy (non-hydrogen) atoms. The number of carbonyl (C=O) groups is 1. The first-order chi connectivity index (χ1) is 11.3. The van der Waals surface area contributed by atoms with E-state index in [4.69, 9.17) is 9.47 Å². The summed E-state index contributed by atoms with van der Waals surface area (Å²) in [5.74, 6) is 0.737. The molecular formula is C17H19NO5S. The number of anilines is 1. The Balaban J connectivity index is 2.46. The molecule has 0 spiro atoms. The molecule has 6 nitrogen and oxygen atoms in total. The maximum absolute atomic E-state index is 12.8. The zero-order valence-corrected chi connectivity index (χ0v) is 14.8. The summed E-state index contributed by atoms with van der Waals surface area (Å²) in [4.78, 5) is 11.5. The fourth-order valence-electron chi connectivity index (χ4n) is 2.19. The van der Waals surface area contributed by atoms with E-state index in [0.717, 1.165) is 4.31 Å². The zero-order valence-electron chi connectivity index (χ0n) is 13.9. The first-order valence-electron chi connectivity index (χ1n) is 7.13. The largest absolute Gasteiger partial charge is 0.493 e. The van der Waals surface area contributed by atoms with E-state index >= 15 is 0 Å². The lowest BCUT2D eigenvalue weighted by Gasteiger charge is -2.21. The van der Waals surface area contributed by atoms with Gasteiger partial charge in [0.05, 0.1) is 24.8 Å². The Morgan fingerprint density at radius 3 is 2.25 bits per heavy atom. The first-order valence-corrected chi connectivity index (χ1v) is 8.57. The Morgan fingerprint density at radius 2 is 1.67 bits per heavy atom. The van der Waals surface area contributed by atoms with E-state index in [-0.39, 0.29) is 10.7 Å². The van der Waals surface area contributed by atoms with Crippen molar-refractivity contribution in [2.24, 2.45) is 0 Å². The van der Waals surface area contributed by atoms with Gasteiger partial charge in [-0.3, -0.25) is 9.10 Å². The van der Waals surface area contributed by atoms with Crippen LogP contribution in [0.5, 0.6) is 11.5 Å². The summed E-state index contributed by atoms with van der Waals surface area (Å²) in [6.45, 7) is 1.39. The van der Waals surface area contributed by atoms with Gasteiger partial charge in [-0.15, -0.1) is 0 Å². The molecule has 0 aliphatic carbocycles. The summed E-state index contributed by atoms with van der Waals surface area (Å²) in [6.07, 6.45) is 0. The first kappa shape index (κ1) is 17.8. The maximum atomic E-state index is 12.8. The number of ether oxygens (including phenoxy) is 2. The number of sulfonamides is 1. The van der Waals surface area contributed by atoms with E-state index in [0.29, 0.717) is 22.7 Å². The summed E-state index contributed by atoms with van der Waals surface area (Å²) in [5, 5.41) is 0. The normalized spacial score (nSPS) is 11.0. The van der Waals surface area contributed by atoms with Gasteiger partial charge >= 0.3 is 0 Å². The third kappa shape index (κ3) is 3.35. The average Bonchev–Trinajstić information content (AvgIpc) is 2.60. The highest BCUT2D eigenvalue weighted by atomic mass is 32.2. The van der Waals surface area contributed by atoms with Crippen molar-refractivity contribution in [3.05, 3.63) is 48.0 Å². The summed E-state index contributed by atoms with van der Waals surface area (Å²) in [5.41, 5.74) is 0.762. The molecule has 0 aliphatic heterocycles. The van der Waals surface area contributed by atoms with Crippen LogP contribution in [0.4, 0.5) is 5.69 Å². The molecule has 0 aliphatic rings. The Labute approximate surface area is 141 Å². The molecule has 7 heteroatoms. The second-order valence-corrected chi connectivity index (χ2v) is 7.07. The van der Waals surface area contributed by atoms with E-state index in [1.54, 1.807) is 30.3 Å². The molecule has 0 radical (unpaired) electrons. The number of ketones is 1. The highest BCUT2D eigenvalue weighted by Gasteiger charge is 2.23. The molecule has 2 rings (SSSR count). The molecule has 0 amide bonds. The van der Waals surface area contributed by atoms with Gasteiger partial charge in [-0.2, -0.15) is 0 Å². The van der Waals surface area contributed by atoms with Crippen LogP contribution in [0, 0.1) is 0 Å². The van der Waals surface area contributed by atoms with Crippen molar-refractivity contribution < 1.29 is 22.7 Å². The van der Waals surface area contributed by atoms with Crippen LogP contribution >= 0.6 is 0 Å². The number of Topliss-reactive ketones (excluding diaryl/α,β-unsaturated/α-hetero) is 1. The van der Waals surface area contributed by atoms with Crippen molar-refractivity contribution in [3.8, 4) is 11.5 Å². The predicted octanol–water partition coefficient (Wildman–Crippen LogP) is 2.73. The van der Waals surface area contributed by atoms with Crippen molar-refractivity contribution in [1.82, 2.24) is 0 Å². The fourth-order valence-corrected chi connectivity index (χ4v) is 3.43. The molecule has 0 unspecified atom stereocenters.